The van der Waals surface area contributed by atoms with Crippen molar-refractivity contribution in [2.24, 2.45) is 5.92 Å². The molecule has 2 atom stereocenters. The molecule has 3 aromatic rings. The lowest BCUT2D eigenvalue weighted by molar-refractivity contribution is 0.0505. The van der Waals surface area contributed by atoms with Crippen molar-refractivity contribution >= 4 is 11.9 Å². The molecule has 6 rings (SSSR count). The molecule has 3 aliphatic rings. The zero-order chi connectivity index (χ0) is 25.0. The molecule has 2 heterocycles. The molecule has 5 heteroatoms. The fourth-order valence-electron chi connectivity index (χ4n) is 6.86. The van der Waals surface area contributed by atoms with E-state index in [0.29, 0.717) is 36.1 Å². The summed E-state index contributed by atoms with van der Waals surface area (Å²) in [4.78, 5) is 28.6. The number of carbonyl (C=O) groups is 2. The Morgan fingerprint density at radius 2 is 1.42 bits per heavy atom. The molecule has 0 aromatic heterocycles. The van der Waals surface area contributed by atoms with Gasteiger partial charge in [0.1, 0.15) is 12.4 Å². The van der Waals surface area contributed by atoms with Crippen molar-refractivity contribution in [2.75, 3.05) is 6.61 Å². The number of ketones is 1. The summed E-state index contributed by atoms with van der Waals surface area (Å²) < 4.78 is 19.7. The van der Waals surface area contributed by atoms with Gasteiger partial charge in [0.05, 0.1) is 0 Å². The Bertz CT molecular complexity index is 1280. The molecular weight excluding hydrogens is 453 g/mol. The molecular formula is C31H30FNO3. The topological polar surface area (TPSA) is 46.6 Å². The van der Waals surface area contributed by atoms with Gasteiger partial charge in [-0.25, -0.2) is 9.18 Å². The monoisotopic (exact) mass is 483 g/mol. The minimum Gasteiger partial charge on any atom is -0.448 e. The maximum Gasteiger partial charge on any atom is 0.410 e. The Kier molecular flexibility index (Phi) is 5.66. The summed E-state index contributed by atoms with van der Waals surface area (Å²) in [7, 11) is 0. The molecule has 3 aromatic carbocycles. The Labute approximate surface area is 211 Å². The molecule has 4 nitrogen and oxygen atoms in total. The molecule has 2 aliphatic heterocycles. The van der Waals surface area contributed by atoms with Gasteiger partial charge in [0, 0.05) is 29.5 Å². The number of Topliss-reactive ketones (excluding diaryl/α,β-unsaturated/α-hetero) is 1. The summed E-state index contributed by atoms with van der Waals surface area (Å²) in [6, 6.07) is 19.5. The number of hydrogen-bond donors (Lipinski definition) is 0. The molecule has 36 heavy (non-hydrogen) atoms. The Morgan fingerprint density at radius 1 is 0.889 bits per heavy atom. The van der Waals surface area contributed by atoms with E-state index in [0.717, 1.165) is 12.8 Å². The van der Waals surface area contributed by atoms with E-state index in [1.54, 1.807) is 13.8 Å². The van der Waals surface area contributed by atoms with Crippen molar-refractivity contribution in [2.45, 2.75) is 57.5 Å². The smallest absolute Gasteiger partial charge is 0.410 e. The molecule has 0 radical (unpaired) electrons. The highest BCUT2D eigenvalue weighted by Crippen LogP contribution is 2.45. The van der Waals surface area contributed by atoms with Crippen LogP contribution >= 0.6 is 0 Å². The van der Waals surface area contributed by atoms with Crippen LogP contribution in [0, 0.1) is 25.6 Å². The van der Waals surface area contributed by atoms with Crippen LogP contribution in [0.3, 0.4) is 0 Å². The highest BCUT2D eigenvalue weighted by molar-refractivity contribution is 6.00. The SMILES string of the molecule is Cc1cc(F)cc(C)c1C(=O)C1CC2CCC(C1)N2C(=O)OCC1c2ccccc2-c2ccccc21. The number of benzene rings is 3. The van der Waals surface area contributed by atoms with Gasteiger partial charge in [0.25, 0.3) is 0 Å². The third kappa shape index (κ3) is 3.73. The summed E-state index contributed by atoms with van der Waals surface area (Å²) in [6.45, 7) is 3.90. The lowest BCUT2D eigenvalue weighted by Gasteiger charge is -2.38. The quantitative estimate of drug-likeness (QED) is 0.383. The molecule has 0 spiro atoms. The number of ether oxygens (including phenoxy) is 1. The second-order valence-electron chi connectivity index (χ2n) is 10.5. The van der Waals surface area contributed by atoms with Gasteiger partial charge in [-0.2, -0.15) is 0 Å². The van der Waals surface area contributed by atoms with Gasteiger partial charge in [-0.05, 0) is 85.0 Å². The predicted molar refractivity (Wildman–Crippen MR) is 137 cm³/mol. The molecule has 0 saturated carbocycles. The molecule has 0 N–H and O–H groups in total. The van der Waals surface area contributed by atoms with Gasteiger partial charge < -0.3 is 9.64 Å². The highest BCUT2D eigenvalue weighted by atomic mass is 19.1. The van der Waals surface area contributed by atoms with Crippen LogP contribution in [0.4, 0.5) is 9.18 Å². The number of halogens is 1. The number of hydrogen-bond acceptors (Lipinski definition) is 3. The van der Waals surface area contributed by atoms with Crippen LogP contribution in [0.2, 0.25) is 0 Å². The summed E-state index contributed by atoms with van der Waals surface area (Å²) in [5, 5.41) is 0. The lowest BCUT2D eigenvalue weighted by atomic mass is 9.82. The van der Waals surface area contributed by atoms with Gasteiger partial charge >= 0.3 is 6.09 Å². The molecule has 2 bridgehead atoms. The van der Waals surface area contributed by atoms with E-state index in [2.05, 4.69) is 24.3 Å². The Balaban J connectivity index is 1.16. The summed E-state index contributed by atoms with van der Waals surface area (Å²) in [5.41, 5.74) is 6.82. The third-order valence-electron chi connectivity index (χ3n) is 8.39. The van der Waals surface area contributed by atoms with Crippen LogP contribution < -0.4 is 0 Å². The molecule has 2 unspecified atom stereocenters. The molecule has 2 saturated heterocycles. The maximum absolute atomic E-state index is 13.8. The van der Waals surface area contributed by atoms with E-state index in [4.69, 9.17) is 4.74 Å². The zero-order valence-electron chi connectivity index (χ0n) is 20.7. The van der Waals surface area contributed by atoms with Gasteiger partial charge in [-0.1, -0.05) is 48.5 Å². The first-order chi connectivity index (χ1) is 17.4. The number of aryl methyl sites for hydroxylation is 2. The van der Waals surface area contributed by atoms with Crippen LogP contribution in [0.15, 0.2) is 60.7 Å². The number of rotatable bonds is 4. The molecule has 2 fully saturated rings. The number of carbonyl (C=O) groups excluding carboxylic acids is 2. The predicted octanol–water partition coefficient (Wildman–Crippen LogP) is 6.82. The molecule has 1 aliphatic carbocycles. The summed E-state index contributed by atoms with van der Waals surface area (Å²) in [6.07, 6.45) is 2.77. The first-order valence-electron chi connectivity index (χ1n) is 12.9. The molecule has 1 amide bonds. The highest BCUT2D eigenvalue weighted by Gasteiger charge is 2.46. The van der Waals surface area contributed by atoms with Gasteiger partial charge in [-0.3, -0.25) is 4.79 Å². The standard InChI is InChI=1S/C31H30FNO3/c1-18-13-21(32)14-19(2)29(18)30(34)20-15-22-11-12-23(16-20)33(22)31(35)36-17-28-26-9-5-3-7-24(26)25-8-4-6-10-27(25)28/h3-10,13-14,20,22-23,28H,11-12,15-17H2,1-2H3. The average Bonchev–Trinajstić information content (AvgIpc) is 3.32. The van der Waals surface area contributed by atoms with Gasteiger partial charge in [0.15, 0.2) is 5.78 Å². The van der Waals surface area contributed by atoms with Crippen molar-refractivity contribution in [3.8, 4) is 11.1 Å². The van der Waals surface area contributed by atoms with Crippen LogP contribution in [-0.2, 0) is 4.74 Å². The van der Waals surface area contributed by atoms with Crippen LogP contribution in [0.5, 0.6) is 0 Å². The lowest BCUT2D eigenvalue weighted by Crippen LogP contribution is -2.48. The first-order valence-corrected chi connectivity index (χ1v) is 12.9. The van der Waals surface area contributed by atoms with E-state index in [9.17, 15) is 14.0 Å². The number of nitrogens with zero attached hydrogens (tertiary/aromatic N) is 1. The van der Waals surface area contributed by atoms with Crippen molar-refractivity contribution in [1.82, 2.24) is 4.90 Å². The Morgan fingerprint density at radius 3 is 1.97 bits per heavy atom. The minimum atomic E-state index is -0.313. The largest absolute Gasteiger partial charge is 0.448 e. The van der Waals surface area contributed by atoms with Crippen molar-refractivity contribution in [1.29, 1.82) is 0 Å². The van der Waals surface area contributed by atoms with E-state index in [-0.39, 0.29) is 41.6 Å². The summed E-state index contributed by atoms with van der Waals surface area (Å²) >= 11 is 0. The normalized spacial score (nSPS) is 22.3. The minimum absolute atomic E-state index is 0.00871. The fraction of sp³-hybridized carbons (Fsp3) is 0.355. The maximum atomic E-state index is 13.8. The van der Waals surface area contributed by atoms with Crippen LogP contribution in [0.25, 0.3) is 11.1 Å². The van der Waals surface area contributed by atoms with E-state index in [1.165, 1.54) is 34.4 Å². The van der Waals surface area contributed by atoms with Crippen molar-refractivity contribution in [3.05, 3.63) is 94.3 Å². The van der Waals surface area contributed by atoms with E-state index < -0.39 is 0 Å². The van der Waals surface area contributed by atoms with Crippen LogP contribution in [-0.4, -0.2) is 35.5 Å². The van der Waals surface area contributed by atoms with Gasteiger partial charge in [0.2, 0.25) is 0 Å². The molecule has 184 valence electrons. The van der Waals surface area contributed by atoms with E-state index in [1.807, 2.05) is 29.2 Å². The zero-order valence-corrected chi connectivity index (χ0v) is 20.7. The third-order valence-corrected chi connectivity index (χ3v) is 8.39. The van der Waals surface area contributed by atoms with Crippen LogP contribution in [0.1, 0.15) is 64.2 Å². The van der Waals surface area contributed by atoms with Crippen molar-refractivity contribution in [3.63, 3.8) is 0 Å². The van der Waals surface area contributed by atoms with Gasteiger partial charge in [-0.15, -0.1) is 0 Å². The average molecular weight is 484 g/mol. The number of fused-ring (bicyclic) bond motifs is 5. The fourth-order valence-corrected chi connectivity index (χ4v) is 6.86. The second kappa shape index (κ2) is 8.88. The van der Waals surface area contributed by atoms with E-state index >= 15 is 0 Å². The Hall–Kier alpha value is -3.47. The van der Waals surface area contributed by atoms with Crippen molar-refractivity contribution < 1.29 is 18.7 Å². The second-order valence-corrected chi connectivity index (χ2v) is 10.5. The summed E-state index contributed by atoms with van der Waals surface area (Å²) in [5.74, 6) is -0.355. The number of amides is 1. The first kappa shape index (κ1) is 23.0. The number of piperidine rings is 1.